The van der Waals surface area contributed by atoms with E-state index in [0.29, 0.717) is 22.5 Å². The van der Waals surface area contributed by atoms with E-state index in [0.717, 1.165) is 0 Å². The summed E-state index contributed by atoms with van der Waals surface area (Å²) in [4.78, 5) is 0. The number of halogens is 2. The quantitative estimate of drug-likeness (QED) is 0.745. The van der Waals surface area contributed by atoms with Gasteiger partial charge in [-0.2, -0.15) is 0 Å². The second-order valence-electron chi connectivity index (χ2n) is 3.89. The minimum atomic E-state index is -0.617. The van der Waals surface area contributed by atoms with E-state index in [4.69, 9.17) is 11.5 Å². The molecule has 0 fully saturated rings. The first-order valence-electron chi connectivity index (χ1n) is 5.10. The van der Waals surface area contributed by atoms with Gasteiger partial charge in [-0.3, -0.25) is 0 Å². The molecule has 0 heterocycles. The number of hydrogen-bond acceptors (Lipinski definition) is 2. The Labute approximate surface area is 97.9 Å². The number of aryl methyl sites for hydroxylation is 1. The van der Waals surface area contributed by atoms with E-state index in [1.54, 1.807) is 13.0 Å². The monoisotopic (exact) mass is 234 g/mol. The van der Waals surface area contributed by atoms with Gasteiger partial charge in [0.25, 0.3) is 0 Å². The number of nitrogen functional groups attached to an aromatic ring is 2. The van der Waals surface area contributed by atoms with E-state index in [1.165, 1.54) is 24.3 Å². The maximum Gasteiger partial charge on any atom is 0.133 e. The van der Waals surface area contributed by atoms with Crippen LogP contribution in [0, 0.1) is 18.6 Å². The largest absolute Gasteiger partial charge is 0.397 e. The Morgan fingerprint density at radius 3 is 2.12 bits per heavy atom. The van der Waals surface area contributed by atoms with Gasteiger partial charge in [-0.15, -0.1) is 0 Å². The normalized spacial score (nSPS) is 10.5. The van der Waals surface area contributed by atoms with Crippen LogP contribution in [-0.2, 0) is 0 Å². The lowest BCUT2D eigenvalue weighted by atomic mass is 10.0. The zero-order valence-corrected chi connectivity index (χ0v) is 9.30. The molecule has 0 unspecified atom stereocenters. The average molecular weight is 234 g/mol. The smallest absolute Gasteiger partial charge is 0.133 e. The number of benzene rings is 2. The Bertz CT molecular complexity index is 536. The zero-order chi connectivity index (χ0) is 12.6. The summed E-state index contributed by atoms with van der Waals surface area (Å²) in [6, 6.07) is 6.83. The van der Waals surface area contributed by atoms with E-state index < -0.39 is 11.6 Å². The van der Waals surface area contributed by atoms with E-state index in [1.807, 2.05) is 0 Å². The maximum absolute atomic E-state index is 13.6. The lowest BCUT2D eigenvalue weighted by Gasteiger charge is -2.10. The molecule has 2 aromatic carbocycles. The fourth-order valence-corrected chi connectivity index (χ4v) is 1.74. The lowest BCUT2D eigenvalue weighted by Crippen LogP contribution is -1.99. The Kier molecular flexibility index (Phi) is 2.71. The fourth-order valence-electron chi connectivity index (χ4n) is 1.74. The van der Waals surface area contributed by atoms with Gasteiger partial charge in [0.05, 0.1) is 16.9 Å². The second-order valence-corrected chi connectivity index (χ2v) is 3.89. The third-order valence-corrected chi connectivity index (χ3v) is 2.67. The first-order valence-corrected chi connectivity index (χ1v) is 5.10. The minimum Gasteiger partial charge on any atom is -0.397 e. The van der Waals surface area contributed by atoms with E-state index in [2.05, 4.69) is 0 Å². The van der Waals surface area contributed by atoms with Crippen molar-refractivity contribution in [3.05, 3.63) is 47.5 Å². The van der Waals surface area contributed by atoms with Crippen LogP contribution < -0.4 is 11.5 Å². The van der Waals surface area contributed by atoms with Crippen molar-refractivity contribution in [2.24, 2.45) is 0 Å². The highest BCUT2D eigenvalue weighted by Gasteiger charge is 2.12. The SMILES string of the molecule is Cc1cc(-c2c(F)cccc2F)cc(N)c1N. The molecule has 4 N–H and O–H groups in total. The topological polar surface area (TPSA) is 52.0 Å². The van der Waals surface area contributed by atoms with Gasteiger partial charge in [0, 0.05) is 0 Å². The Balaban J connectivity index is 2.69. The highest BCUT2D eigenvalue weighted by molar-refractivity contribution is 5.77. The minimum absolute atomic E-state index is 0.0812. The van der Waals surface area contributed by atoms with E-state index in [9.17, 15) is 8.78 Å². The number of rotatable bonds is 1. The van der Waals surface area contributed by atoms with Crippen molar-refractivity contribution < 1.29 is 8.78 Å². The highest BCUT2D eigenvalue weighted by Crippen LogP contribution is 2.31. The molecule has 0 bridgehead atoms. The number of hydrogen-bond donors (Lipinski definition) is 2. The van der Waals surface area contributed by atoms with Crippen LogP contribution in [0.25, 0.3) is 11.1 Å². The molecule has 0 saturated heterocycles. The van der Waals surface area contributed by atoms with Gasteiger partial charge in [0.1, 0.15) is 11.6 Å². The van der Waals surface area contributed by atoms with Gasteiger partial charge in [-0.25, -0.2) is 8.78 Å². The molecule has 0 aliphatic carbocycles. The molecule has 2 rings (SSSR count). The molecular formula is C13H12F2N2. The van der Waals surface area contributed by atoms with Crippen molar-refractivity contribution in [3.8, 4) is 11.1 Å². The van der Waals surface area contributed by atoms with Crippen LogP contribution in [0.2, 0.25) is 0 Å². The summed E-state index contributed by atoms with van der Waals surface area (Å²) in [6.45, 7) is 1.74. The van der Waals surface area contributed by atoms with E-state index in [-0.39, 0.29) is 5.56 Å². The lowest BCUT2D eigenvalue weighted by molar-refractivity contribution is 0.589. The van der Waals surface area contributed by atoms with Crippen molar-refractivity contribution in [1.29, 1.82) is 0 Å². The predicted molar refractivity (Wildman–Crippen MR) is 65.4 cm³/mol. The summed E-state index contributed by atoms with van der Waals surface area (Å²) in [5.74, 6) is -1.23. The van der Waals surface area contributed by atoms with Crippen LogP contribution in [0.3, 0.4) is 0 Å². The van der Waals surface area contributed by atoms with Crippen LogP contribution in [0.15, 0.2) is 30.3 Å². The summed E-state index contributed by atoms with van der Waals surface area (Å²) in [7, 11) is 0. The summed E-state index contributed by atoms with van der Waals surface area (Å²) < 4.78 is 27.2. The van der Waals surface area contributed by atoms with Gasteiger partial charge in [0.2, 0.25) is 0 Å². The van der Waals surface area contributed by atoms with Crippen LogP contribution in [0.5, 0.6) is 0 Å². The van der Waals surface area contributed by atoms with Gasteiger partial charge < -0.3 is 11.5 Å². The molecular weight excluding hydrogens is 222 g/mol. The zero-order valence-electron chi connectivity index (χ0n) is 9.30. The van der Waals surface area contributed by atoms with Crippen molar-refractivity contribution >= 4 is 11.4 Å². The molecule has 0 spiro atoms. The van der Waals surface area contributed by atoms with Crippen LogP contribution in [-0.4, -0.2) is 0 Å². The molecule has 0 amide bonds. The van der Waals surface area contributed by atoms with Gasteiger partial charge in [-0.1, -0.05) is 6.07 Å². The van der Waals surface area contributed by atoms with Gasteiger partial charge >= 0.3 is 0 Å². The second kappa shape index (κ2) is 4.05. The van der Waals surface area contributed by atoms with Crippen molar-refractivity contribution in [2.75, 3.05) is 11.5 Å². The summed E-state index contributed by atoms with van der Waals surface area (Å²) >= 11 is 0. The standard InChI is InChI=1S/C13H12F2N2/c1-7-5-8(6-11(16)13(7)17)12-9(14)3-2-4-10(12)15/h2-6H,16-17H2,1H3. The molecule has 0 aliphatic rings. The Morgan fingerprint density at radius 2 is 1.59 bits per heavy atom. The van der Waals surface area contributed by atoms with E-state index >= 15 is 0 Å². The molecule has 0 aliphatic heterocycles. The number of anilines is 2. The molecule has 4 heteroatoms. The van der Waals surface area contributed by atoms with Crippen molar-refractivity contribution in [3.63, 3.8) is 0 Å². The number of nitrogens with two attached hydrogens (primary N) is 2. The molecule has 88 valence electrons. The molecule has 0 radical (unpaired) electrons. The molecule has 0 atom stereocenters. The Morgan fingerprint density at radius 1 is 1.00 bits per heavy atom. The molecule has 0 saturated carbocycles. The van der Waals surface area contributed by atoms with Gasteiger partial charge in [-0.05, 0) is 42.3 Å². The third kappa shape index (κ3) is 1.93. The third-order valence-electron chi connectivity index (χ3n) is 2.67. The first kappa shape index (κ1) is 11.4. The fraction of sp³-hybridized carbons (Fsp3) is 0.0769. The van der Waals surface area contributed by atoms with Crippen LogP contribution in [0.1, 0.15) is 5.56 Å². The average Bonchev–Trinajstić information content (AvgIpc) is 2.25. The van der Waals surface area contributed by atoms with Crippen molar-refractivity contribution in [2.45, 2.75) is 6.92 Å². The maximum atomic E-state index is 13.6. The summed E-state index contributed by atoms with van der Waals surface area (Å²) in [5, 5.41) is 0. The molecule has 0 aromatic heterocycles. The molecule has 17 heavy (non-hydrogen) atoms. The Hall–Kier alpha value is -2.10. The highest BCUT2D eigenvalue weighted by atomic mass is 19.1. The van der Waals surface area contributed by atoms with Crippen LogP contribution in [0.4, 0.5) is 20.2 Å². The summed E-state index contributed by atoms with van der Waals surface area (Å²) in [5.41, 5.74) is 13.1. The molecule has 2 nitrogen and oxygen atoms in total. The van der Waals surface area contributed by atoms with Crippen molar-refractivity contribution in [1.82, 2.24) is 0 Å². The van der Waals surface area contributed by atoms with Gasteiger partial charge in [0.15, 0.2) is 0 Å². The summed E-state index contributed by atoms with van der Waals surface area (Å²) in [6.07, 6.45) is 0. The predicted octanol–water partition coefficient (Wildman–Crippen LogP) is 3.10. The van der Waals surface area contributed by atoms with Crippen LogP contribution >= 0.6 is 0 Å². The first-order chi connectivity index (χ1) is 8.00. The molecule has 2 aromatic rings.